The van der Waals surface area contributed by atoms with Gasteiger partial charge in [0.2, 0.25) is 5.91 Å². The number of amides is 1. The van der Waals surface area contributed by atoms with Crippen molar-refractivity contribution in [2.24, 2.45) is 0 Å². The molecule has 0 saturated carbocycles. The van der Waals surface area contributed by atoms with E-state index in [4.69, 9.17) is 4.74 Å². The van der Waals surface area contributed by atoms with Crippen LogP contribution in [0, 0.1) is 6.92 Å². The third-order valence-electron chi connectivity index (χ3n) is 4.85. The first-order chi connectivity index (χ1) is 16.0. The normalized spacial score (nSPS) is 10.8. The van der Waals surface area contributed by atoms with Gasteiger partial charge in [0.15, 0.2) is 11.0 Å². The fourth-order valence-corrected chi connectivity index (χ4v) is 4.28. The van der Waals surface area contributed by atoms with E-state index in [9.17, 15) is 4.79 Å². The molecule has 1 N–H and O–H groups in total. The molecule has 0 atom stereocenters. The van der Waals surface area contributed by atoms with Gasteiger partial charge in [-0.15, -0.1) is 10.2 Å². The van der Waals surface area contributed by atoms with E-state index in [-0.39, 0.29) is 11.7 Å². The van der Waals surface area contributed by atoms with Gasteiger partial charge in [0.25, 0.3) is 0 Å². The number of anilines is 1. The Balaban J connectivity index is 1.57. The minimum atomic E-state index is -0.107. The van der Waals surface area contributed by atoms with Crippen molar-refractivity contribution in [3.05, 3.63) is 82.8 Å². The number of carbonyl (C=O) groups excluding carboxylic acids is 1. The fourth-order valence-electron chi connectivity index (χ4n) is 3.28. The van der Waals surface area contributed by atoms with Gasteiger partial charge in [-0.05, 0) is 61.9 Å². The van der Waals surface area contributed by atoms with E-state index in [0.29, 0.717) is 17.6 Å². The Bertz CT molecular complexity index is 1240. The lowest BCUT2D eigenvalue weighted by Crippen LogP contribution is -2.14. The highest BCUT2D eigenvalue weighted by Gasteiger charge is 2.17. The number of nitrogens with zero attached hydrogens (tertiary/aromatic N) is 3. The van der Waals surface area contributed by atoms with Crippen LogP contribution in [-0.4, -0.2) is 33.0 Å². The largest absolute Gasteiger partial charge is 0.494 e. The summed E-state index contributed by atoms with van der Waals surface area (Å²) in [6.45, 7) is 4.55. The molecule has 33 heavy (non-hydrogen) atoms. The van der Waals surface area contributed by atoms with Crippen LogP contribution in [0.3, 0.4) is 0 Å². The molecule has 8 heteroatoms. The van der Waals surface area contributed by atoms with Gasteiger partial charge in [-0.3, -0.25) is 9.36 Å². The minimum absolute atomic E-state index is 0.107. The summed E-state index contributed by atoms with van der Waals surface area (Å²) in [5.74, 6) is 1.61. The number of halogens is 1. The standard InChI is InChI=1S/C25H23BrN4O2S/c1-3-32-21-12-10-20(11-13-21)30-24(18-7-5-4-6-8-18)28-29-25(30)33-16-23(31)27-19-9-14-22(26)17(2)15-19/h4-15H,3,16H2,1-2H3,(H,27,31). The lowest BCUT2D eigenvalue weighted by Gasteiger charge is -2.12. The molecular weight excluding hydrogens is 500 g/mol. The maximum Gasteiger partial charge on any atom is 0.234 e. The Morgan fingerprint density at radius 1 is 1.06 bits per heavy atom. The SMILES string of the molecule is CCOc1ccc(-n2c(SCC(=O)Nc3ccc(Br)c(C)c3)nnc2-c2ccccc2)cc1. The number of rotatable bonds is 8. The third-order valence-corrected chi connectivity index (χ3v) is 6.66. The molecule has 3 aromatic carbocycles. The molecule has 0 spiro atoms. The fraction of sp³-hybridized carbons (Fsp3) is 0.160. The van der Waals surface area contributed by atoms with E-state index in [0.717, 1.165) is 32.7 Å². The summed E-state index contributed by atoms with van der Waals surface area (Å²) in [6, 6.07) is 23.4. The maximum absolute atomic E-state index is 12.6. The molecule has 4 aromatic rings. The zero-order valence-electron chi connectivity index (χ0n) is 18.3. The first kappa shape index (κ1) is 23.1. The van der Waals surface area contributed by atoms with Crippen molar-refractivity contribution in [3.63, 3.8) is 0 Å². The van der Waals surface area contributed by atoms with Crippen LogP contribution >= 0.6 is 27.7 Å². The molecule has 168 valence electrons. The van der Waals surface area contributed by atoms with Crippen molar-refractivity contribution < 1.29 is 9.53 Å². The molecule has 4 rings (SSSR count). The Hall–Kier alpha value is -3.10. The van der Waals surface area contributed by atoms with E-state index in [1.54, 1.807) is 0 Å². The second-order valence-electron chi connectivity index (χ2n) is 7.24. The minimum Gasteiger partial charge on any atom is -0.494 e. The smallest absolute Gasteiger partial charge is 0.234 e. The topological polar surface area (TPSA) is 69.0 Å². The van der Waals surface area contributed by atoms with Gasteiger partial charge in [0, 0.05) is 21.4 Å². The van der Waals surface area contributed by atoms with Gasteiger partial charge < -0.3 is 10.1 Å². The monoisotopic (exact) mass is 522 g/mol. The van der Waals surface area contributed by atoms with Gasteiger partial charge in [0.05, 0.1) is 12.4 Å². The van der Waals surface area contributed by atoms with E-state index in [1.807, 2.05) is 91.2 Å². The molecule has 1 amide bonds. The molecule has 0 radical (unpaired) electrons. The average molecular weight is 523 g/mol. The first-order valence-corrected chi connectivity index (χ1v) is 12.3. The predicted molar refractivity (Wildman–Crippen MR) is 136 cm³/mol. The van der Waals surface area contributed by atoms with Crippen LogP contribution in [0.4, 0.5) is 5.69 Å². The number of hydrogen-bond donors (Lipinski definition) is 1. The van der Waals surface area contributed by atoms with Crippen LogP contribution in [0.25, 0.3) is 17.1 Å². The summed E-state index contributed by atoms with van der Waals surface area (Å²) < 4.78 is 8.54. The summed E-state index contributed by atoms with van der Waals surface area (Å²) in [5.41, 5.74) is 3.66. The van der Waals surface area contributed by atoms with Gasteiger partial charge in [-0.1, -0.05) is 58.0 Å². The van der Waals surface area contributed by atoms with Crippen molar-refractivity contribution >= 4 is 39.3 Å². The highest BCUT2D eigenvalue weighted by atomic mass is 79.9. The van der Waals surface area contributed by atoms with Gasteiger partial charge in [0.1, 0.15) is 5.75 Å². The summed E-state index contributed by atoms with van der Waals surface area (Å²) in [4.78, 5) is 12.6. The Morgan fingerprint density at radius 2 is 1.82 bits per heavy atom. The molecule has 1 aromatic heterocycles. The molecule has 0 fully saturated rings. The number of nitrogens with one attached hydrogen (secondary N) is 1. The van der Waals surface area contributed by atoms with E-state index in [2.05, 4.69) is 31.4 Å². The zero-order valence-corrected chi connectivity index (χ0v) is 20.7. The quantitative estimate of drug-likeness (QED) is 0.281. The lowest BCUT2D eigenvalue weighted by atomic mass is 10.2. The lowest BCUT2D eigenvalue weighted by molar-refractivity contribution is -0.113. The zero-order chi connectivity index (χ0) is 23.2. The number of aromatic nitrogens is 3. The van der Waals surface area contributed by atoms with Crippen LogP contribution in [-0.2, 0) is 4.79 Å². The van der Waals surface area contributed by atoms with Crippen LogP contribution in [0.2, 0.25) is 0 Å². The van der Waals surface area contributed by atoms with Gasteiger partial charge in [-0.2, -0.15) is 0 Å². The Morgan fingerprint density at radius 3 is 2.52 bits per heavy atom. The second kappa shape index (κ2) is 10.7. The van der Waals surface area contributed by atoms with Crippen molar-refractivity contribution in [1.82, 2.24) is 14.8 Å². The predicted octanol–water partition coefficient (Wildman–Crippen LogP) is 6.13. The molecule has 1 heterocycles. The van der Waals surface area contributed by atoms with Crippen LogP contribution in [0.1, 0.15) is 12.5 Å². The Kier molecular flexibility index (Phi) is 7.47. The van der Waals surface area contributed by atoms with Gasteiger partial charge in [-0.25, -0.2) is 0 Å². The highest BCUT2D eigenvalue weighted by Crippen LogP contribution is 2.29. The number of aryl methyl sites for hydroxylation is 1. The number of ether oxygens (including phenoxy) is 1. The number of thioether (sulfide) groups is 1. The number of benzene rings is 3. The molecule has 0 bridgehead atoms. The van der Waals surface area contributed by atoms with E-state index >= 15 is 0 Å². The van der Waals surface area contributed by atoms with E-state index in [1.165, 1.54) is 11.8 Å². The highest BCUT2D eigenvalue weighted by molar-refractivity contribution is 9.10. The van der Waals surface area contributed by atoms with Crippen LogP contribution in [0.15, 0.2) is 82.4 Å². The van der Waals surface area contributed by atoms with Crippen molar-refractivity contribution in [1.29, 1.82) is 0 Å². The summed E-state index contributed by atoms with van der Waals surface area (Å²) in [5, 5.41) is 12.4. The average Bonchev–Trinajstić information content (AvgIpc) is 3.25. The van der Waals surface area contributed by atoms with Crippen LogP contribution in [0.5, 0.6) is 5.75 Å². The third kappa shape index (κ3) is 5.64. The molecule has 0 aliphatic heterocycles. The first-order valence-electron chi connectivity index (χ1n) is 10.5. The molecule has 6 nitrogen and oxygen atoms in total. The molecule has 0 unspecified atom stereocenters. The summed E-state index contributed by atoms with van der Waals surface area (Å²) in [7, 11) is 0. The second-order valence-corrected chi connectivity index (χ2v) is 9.03. The van der Waals surface area contributed by atoms with Gasteiger partial charge >= 0.3 is 0 Å². The summed E-state index contributed by atoms with van der Waals surface area (Å²) >= 11 is 4.82. The molecular formula is C25H23BrN4O2S. The van der Waals surface area contributed by atoms with E-state index < -0.39 is 0 Å². The molecule has 0 saturated heterocycles. The van der Waals surface area contributed by atoms with Crippen molar-refractivity contribution in [2.45, 2.75) is 19.0 Å². The van der Waals surface area contributed by atoms with Crippen molar-refractivity contribution in [2.75, 3.05) is 17.7 Å². The number of hydrogen-bond acceptors (Lipinski definition) is 5. The van der Waals surface area contributed by atoms with Crippen molar-refractivity contribution in [3.8, 4) is 22.8 Å². The molecule has 0 aliphatic rings. The number of carbonyl (C=O) groups is 1. The Labute approximate surface area is 205 Å². The summed E-state index contributed by atoms with van der Waals surface area (Å²) in [6.07, 6.45) is 0. The molecule has 0 aliphatic carbocycles. The maximum atomic E-state index is 12.6. The van der Waals surface area contributed by atoms with Crippen LogP contribution < -0.4 is 10.1 Å².